The van der Waals surface area contributed by atoms with E-state index in [1.165, 1.54) is 35.8 Å². The molecule has 0 saturated carbocycles. The Morgan fingerprint density at radius 1 is 1.20 bits per heavy atom. The van der Waals surface area contributed by atoms with Crippen molar-refractivity contribution < 1.29 is 19.1 Å². The molecule has 3 rings (SSSR count). The van der Waals surface area contributed by atoms with Crippen molar-refractivity contribution in [1.82, 2.24) is 14.8 Å². The zero-order chi connectivity index (χ0) is 21.5. The van der Waals surface area contributed by atoms with E-state index in [0.29, 0.717) is 21.5 Å². The number of ether oxygens (including phenoxy) is 2. The van der Waals surface area contributed by atoms with E-state index >= 15 is 0 Å². The lowest BCUT2D eigenvalue weighted by Gasteiger charge is -2.07. The van der Waals surface area contributed by atoms with Crippen LogP contribution in [0.25, 0.3) is 0 Å². The third-order valence-corrected chi connectivity index (χ3v) is 6.13. The van der Waals surface area contributed by atoms with E-state index < -0.39 is 5.97 Å². The number of methoxy groups -OCH3 is 1. The van der Waals surface area contributed by atoms with E-state index in [9.17, 15) is 9.59 Å². The van der Waals surface area contributed by atoms with Gasteiger partial charge in [-0.3, -0.25) is 4.79 Å². The predicted octanol–water partition coefficient (Wildman–Crippen LogP) is 3.54. The number of thiophene rings is 1. The largest absolute Gasteiger partial charge is 0.486 e. The highest BCUT2D eigenvalue weighted by Gasteiger charge is 2.17. The van der Waals surface area contributed by atoms with Gasteiger partial charge in [-0.25, -0.2) is 4.79 Å². The number of aryl methyl sites for hydroxylation is 1. The second kappa shape index (κ2) is 10.3. The quantitative estimate of drug-likeness (QED) is 0.397. The summed E-state index contributed by atoms with van der Waals surface area (Å²) in [5.41, 5.74) is 1.59. The molecular formula is C20H22N4O4S2. The number of aromatic nitrogens is 3. The van der Waals surface area contributed by atoms with E-state index in [2.05, 4.69) is 22.4 Å². The molecule has 0 saturated heterocycles. The van der Waals surface area contributed by atoms with Crippen LogP contribution in [-0.2, 0) is 29.6 Å². The molecule has 2 aromatic heterocycles. The van der Waals surface area contributed by atoms with E-state index in [-0.39, 0.29) is 18.3 Å². The average molecular weight is 447 g/mol. The zero-order valence-electron chi connectivity index (χ0n) is 16.9. The molecule has 0 atom stereocenters. The molecule has 0 unspecified atom stereocenters. The van der Waals surface area contributed by atoms with Gasteiger partial charge >= 0.3 is 5.97 Å². The Bertz CT molecular complexity index is 1010. The van der Waals surface area contributed by atoms with E-state index in [0.717, 1.165) is 12.2 Å². The second-order valence-corrected chi connectivity index (χ2v) is 8.09. The number of esters is 1. The van der Waals surface area contributed by atoms with Gasteiger partial charge < -0.3 is 19.4 Å². The number of thioether (sulfide) groups is 1. The zero-order valence-corrected chi connectivity index (χ0v) is 18.5. The molecule has 0 fully saturated rings. The fourth-order valence-corrected chi connectivity index (χ4v) is 4.06. The standard InChI is InChI=1S/C20H22N4O4S2/c1-4-13-5-7-14(8-6-13)28-11-16-22-23-20(24(16)2)30-12-17(25)21-18-15(9-10-29-18)19(26)27-3/h5-10H,4,11-12H2,1-3H3,(H,21,25). The molecule has 0 aliphatic carbocycles. The van der Waals surface area contributed by atoms with Gasteiger partial charge in [0.15, 0.2) is 11.0 Å². The van der Waals surface area contributed by atoms with Crippen molar-refractivity contribution in [2.45, 2.75) is 25.1 Å². The Morgan fingerprint density at radius 2 is 1.97 bits per heavy atom. The van der Waals surface area contributed by atoms with Crippen LogP contribution in [0.15, 0.2) is 40.9 Å². The normalized spacial score (nSPS) is 10.6. The summed E-state index contributed by atoms with van der Waals surface area (Å²) in [5.74, 6) is 0.819. The molecule has 0 bridgehead atoms. The van der Waals surface area contributed by atoms with Crippen molar-refractivity contribution in [1.29, 1.82) is 0 Å². The Labute approximate surface area is 182 Å². The summed E-state index contributed by atoms with van der Waals surface area (Å²) in [5, 5.41) is 13.8. The van der Waals surface area contributed by atoms with Crippen molar-refractivity contribution in [2.75, 3.05) is 18.2 Å². The topological polar surface area (TPSA) is 95.3 Å². The number of anilines is 1. The summed E-state index contributed by atoms with van der Waals surface area (Å²) in [4.78, 5) is 24.0. The first-order valence-electron chi connectivity index (χ1n) is 9.20. The number of hydrogen-bond acceptors (Lipinski definition) is 8. The van der Waals surface area contributed by atoms with Crippen LogP contribution in [0.5, 0.6) is 5.75 Å². The lowest BCUT2D eigenvalue weighted by molar-refractivity contribution is -0.113. The van der Waals surface area contributed by atoms with Crippen molar-refractivity contribution in [3.63, 3.8) is 0 Å². The molecule has 0 aliphatic rings. The van der Waals surface area contributed by atoms with Gasteiger partial charge in [0, 0.05) is 7.05 Å². The van der Waals surface area contributed by atoms with Crippen LogP contribution < -0.4 is 10.1 Å². The smallest absolute Gasteiger partial charge is 0.340 e. The van der Waals surface area contributed by atoms with Crippen molar-refractivity contribution in [3.8, 4) is 5.75 Å². The average Bonchev–Trinajstić information content (AvgIpc) is 3.37. The number of nitrogens with zero attached hydrogens (tertiary/aromatic N) is 3. The van der Waals surface area contributed by atoms with Gasteiger partial charge in [0.05, 0.1) is 18.4 Å². The fourth-order valence-electron chi connectivity index (χ4n) is 2.54. The summed E-state index contributed by atoms with van der Waals surface area (Å²) < 4.78 is 12.3. The highest BCUT2D eigenvalue weighted by atomic mass is 32.2. The van der Waals surface area contributed by atoms with Gasteiger partial charge in [0.25, 0.3) is 0 Å². The molecule has 158 valence electrons. The van der Waals surface area contributed by atoms with Crippen LogP contribution in [-0.4, -0.2) is 39.5 Å². The van der Waals surface area contributed by atoms with Crippen LogP contribution in [0.1, 0.15) is 28.7 Å². The molecular weight excluding hydrogens is 424 g/mol. The van der Waals surface area contributed by atoms with E-state index in [1.807, 2.05) is 31.3 Å². The highest BCUT2D eigenvalue weighted by molar-refractivity contribution is 7.99. The van der Waals surface area contributed by atoms with E-state index in [4.69, 9.17) is 9.47 Å². The molecule has 1 amide bonds. The maximum absolute atomic E-state index is 12.3. The predicted molar refractivity (Wildman–Crippen MR) is 116 cm³/mol. The summed E-state index contributed by atoms with van der Waals surface area (Å²) in [6, 6.07) is 9.55. The van der Waals surface area contributed by atoms with E-state index in [1.54, 1.807) is 16.0 Å². The molecule has 8 nitrogen and oxygen atoms in total. The molecule has 1 aromatic carbocycles. The SMILES string of the molecule is CCc1ccc(OCc2nnc(SCC(=O)Nc3sccc3C(=O)OC)n2C)cc1. The molecule has 0 radical (unpaired) electrons. The van der Waals surface area contributed by atoms with Crippen LogP contribution in [0.2, 0.25) is 0 Å². The van der Waals surface area contributed by atoms with Crippen LogP contribution in [0, 0.1) is 0 Å². The molecule has 0 spiro atoms. The number of amides is 1. The third kappa shape index (κ3) is 5.39. The Balaban J connectivity index is 1.52. The molecule has 0 aliphatic heterocycles. The monoisotopic (exact) mass is 446 g/mol. The van der Waals surface area contributed by atoms with Crippen LogP contribution in [0.4, 0.5) is 5.00 Å². The Morgan fingerprint density at radius 3 is 2.67 bits per heavy atom. The summed E-state index contributed by atoms with van der Waals surface area (Å²) in [7, 11) is 3.13. The van der Waals surface area contributed by atoms with Crippen LogP contribution >= 0.6 is 23.1 Å². The Kier molecular flexibility index (Phi) is 7.47. The molecule has 30 heavy (non-hydrogen) atoms. The van der Waals surface area contributed by atoms with Crippen molar-refractivity contribution in [2.24, 2.45) is 7.05 Å². The lowest BCUT2D eigenvalue weighted by atomic mass is 10.2. The van der Waals surface area contributed by atoms with Gasteiger partial charge in [-0.05, 0) is 35.6 Å². The van der Waals surface area contributed by atoms with Gasteiger partial charge in [-0.15, -0.1) is 21.5 Å². The first-order chi connectivity index (χ1) is 14.5. The maximum atomic E-state index is 12.3. The second-order valence-electron chi connectivity index (χ2n) is 6.24. The summed E-state index contributed by atoms with van der Waals surface area (Å²) in [6.45, 7) is 2.38. The van der Waals surface area contributed by atoms with Gasteiger partial charge in [-0.2, -0.15) is 0 Å². The number of rotatable bonds is 9. The minimum Gasteiger partial charge on any atom is -0.486 e. The molecule has 2 heterocycles. The van der Waals surface area contributed by atoms with Crippen molar-refractivity contribution in [3.05, 3.63) is 52.7 Å². The van der Waals surface area contributed by atoms with Gasteiger partial charge in [0.2, 0.25) is 5.91 Å². The highest BCUT2D eigenvalue weighted by Crippen LogP contribution is 2.25. The number of nitrogens with one attached hydrogen (secondary N) is 1. The summed E-state index contributed by atoms with van der Waals surface area (Å²) in [6.07, 6.45) is 0.980. The van der Waals surface area contributed by atoms with Gasteiger partial charge in [-0.1, -0.05) is 30.8 Å². The molecule has 1 N–H and O–H groups in total. The van der Waals surface area contributed by atoms with Gasteiger partial charge in [0.1, 0.15) is 17.4 Å². The number of benzene rings is 1. The lowest BCUT2D eigenvalue weighted by Crippen LogP contribution is -2.16. The summed E-state index contributed by atoms with van der Waals surface area (Å²) >= 11 is 2.52. The fraction of sp³-hybridized carbons (Fsp3) is 0.300. The number of carbonyl (C=O) groups excluding carboxylic acids is 2. The maximum Gasteiger partial charge on any atom is 0.340 e. The Hall–Kier alpha value is -2.85. The third-order valence-electron chi connectivity index (χ3n) is 4.28. The van der Waals surface area contributed by atoms with Crippen molar-refractivity contribution >= 4 is 40.0 Å². The molecule has 10 heteroatoms. The first kappa shape index (κ1) is 21.8. The van der Waals surface area contributed by atoms with Crippen LogP contribution in [0.3, 0.4) is 0 Å². The minimum atomic E-state index is -0.485. The number of hydrogen-bond donors (Lipinski definition) is 1. The minimum absolute atomic E-state index is 0.129. The number of carbonyl (C=O) groups is 2. The first-order valence-corrected chi connectivity index (χ1v) is 11.1. The molecule has 3 aromatic rings.